The molecule has 0 aliphatic carbocycles. The van der Waals surface area contributed by atoms with Crippen molar-refractivity contribution < 1.29 is 9.72 Å². The van der Waals surface area contributed by atoms with E-state index in [4.69, 9.17) is 0 Å². The molecule has 13 heavy (non-hydrogen) atoms. The van der Waals surface area contributed by atoms with E-state index in [-0.39, 0.29) is 12.1 Å². The molecule has 4 heteroatoms. The highest BCUT2D eigenvalue weighted by Crippen LogP contribution is 2.22. The lowest BCUT2D eigenvalue weighted by molar-refractivity contribution is -0.386. The quantitative estimate of drug-likeness (QED) is 0.402. The molecule has 0 bridgehead atoms. The first kappa shape index (κ1) is 9.38. The third-order valence-corrected chi connectivity index (χ3v) is 1.81. The van der Waals surface area contributed by atoms with Crippen LogP contribution in [-0.4, -0.2) is 11.2 Å². The zero-order chi connectivity index (χ0) is 9.84. The normalized spacial score (nSPS) is 9.62. The van der Waals surface area contributed by atoms with Crippen molar-refractivity contribution in [3.05, 3.63) is 39.4 Å². The van der Waals surface area contributed by atoms with Crippen molar-refractivity contribution in [2.45, 2.75) is 13.3 Å². The number of nitrogens with zero attached hydrogens (tertiary/aromatic N) is 1. The van der Waals surface area contributed by atoms with Gasteiger partial charge in [0, 0.05) is 17.5 Å². The van der Waals surface area contributed by atoms with Gasteiger partial charge in [0.05, 0.1) is 4.92 Å². The minimum atomic E-state index is -0.450. The second-order valence-electron chi connectivity index (χ2n) is 2.71. The first-order valence-electron chi connectivity index (χ1n) is 3.83. The van der Waals surface area contributed by atoms with E-state index in [0.717, 1.165) is 0 Å². The van der Waals surface area contributed by atoms with Crippen LogP contribution < -0.4 is 0 Å². The van der Waals surface area contributed by atoms with Gasteiger partial charge in [-0.25, -0.2) is 0 Å². The van der Waals surface area contributed by atoms with Crippen molar-refractivity contribution in [1.29, 1.82) is 0 Å². The number of carbonyl (C=O) groups excluding carboxylic acids is 1. The first-order valence-corrected chi connectivity index (χ1v) is 3.83. The van der Waals surface area contributed by atoms with Crippen molar-refractivity contribution in [3.8, 4) is 0 Å². The molecule has 1 aromatic rings. The summed E-state index contributed by atoms with van der Waals surface area (Å²) in [6, 6.07) is 4.97. The zero-order valence-corrected chi connectivity index (χ0v) is 7.19. The molecule has 0 unspecified atom stereocenters. The van der Waals surface area contributed by atoms with Crippen molar-refractivity contribution in [2.75, 3.05) is 0 Å². The molecule has 0 radical (unpaired) electrons. The van der Waals surface area contributed by atoms with E-state index < -0.39 is 4.92 Å². The maximum atomic E-state index is 10.6. The summed E-state index contributed by atoms with van der Waals surface area (Å²) in [6.07, 6.45) is 0.764. The Bertz CT molecular complexity index is 347. The minimum absolute atomic E-state index is 0.0506. The molecule has 0 saturated heterocycles. The number of para-hydroxylation sites is 1. The molecule has 0 fully saturated rings. The van der Waals surface area contributed by atoms with E-state index >= 15 is 0 Å². The van der Waals surface area contributed by atoms with Gasteiger partial charge < -0.3 is 4.79 Å². The fraction of sp³-hybridized carbons (Fsp3) is 0.222. The molecule has 4 nitrogen and oxygen atoms in total. The SMILES string of the molecule is Cc1cccc(CC=O)c1[N+](=O)[O-]. The number of carbonyl (C=O) groups is 1. The van der Waals surface area contributed by atoms with Crippen LogP contribution in [0.25, 0.3) is 0 Å². The molecule has 1 rings (SSSR count). The lowest BCUT2D eigenvalue weighted by Crippen LogP contribution is -1.98. The number of hydrogen-bond donors (Lipinski definition) is 0. The summed E-state index contributed by atoms with van der Waals surface area (Å²) >= 11 is 0. The lowest BCUT2D eigenvalue weighted by Gasteiger charge is -2.00. The summed E-state index contributed by atoms with van der Waals surface area (Å²) in [5, 5.41) is 10.6. The molecule has 1 aromatic carbocycles. The molecule has 0 aromatic heterocycles. The molecule has 0 spiro atoms. The van der Waals surface area contributed by atoms with Gasteiger partial charge in [-0.05, 0) is 6.92 Å². The Morgan fingerprint density at radius 2 is 2.23 bits per heavy atom. The van der Waals surface area contributed by atoms with Crippen LogP contribution in [0.2, 0.25) is 0 Å². The van der Waals surface area contributed by atoms with Crippen LogP contribution in [0.1, 0.15) is 11.1 Å². The van der Waals surface area contributed by atoms with Gasteiger partial charge in [0.2, 0.25) is 0 Å². The number of rotatable bonds is 3. The number of aldehydes is 1. The molecular formula is C9H9NO3. The summed E-state index contributed by atoms with van der Waals surface area (Å²) in [7, 11) is 0. The van der Waals surface area contributed by atoms with Crippen LogP contribution in [0.15, 0.2) is 18.2 Å². The number of nitro benzene ring substituents is 1. The minimum Gasteiger partial charge on any atom is -0.303 e. The molecular weight excluding hydrogens is 170 g/mol. The average Bonchev–Trinajstić information content (AvgIpc) is 2.04. The standard InChI is InChI=1S/C9H9NO3/c1-7-3-2-4-8(5-6-11)9(7)10(12)13/h2-4,6H,5H2,1H3. The van der Waals surface area contributed by atoms with Crippen molar-refractivity contribution in [1.82, 2.24) is 0 Å². The Morgan fingerprint density at radius 3 is 2.77 bits per heavy atom. The van der Waals surface area contributed by atoms with Gasteiger partial charge in [0.15, 0.2) is 0 Å². The highest BCUT2D eigenvalue weighted by Gasteiger charge is 2.15. The first-order chi connectivity index (χ1) is 6.16. The van der Waals surface area contributed by atoms with Crippen LogP contribution in [0.4, 0.5) is 5.69 Å². The maximum absolute atomic E-state index is 10.6. The zero-order valence-electron chi connectivity index (χ0n) is 7.19. The molecule has 0 heterocycles. The van der Waals surface area contributed by atoms with Gasteiger partial charge in [0.25, 0.3) is 5.69 Å². The number of benzene rings is 1. The Labute approximate surface area is 75.3 Å². The molecule has 0 saturated carbocycles. The fourth-order valence-electron chi connectivity index (χ4n) is 1.24. The van der Waals surface area contributed by atoms with Crippen LogP contribution in [-0.2, 0) is 11.2 Å². The predicted molar refractivity (Wildman–Crippen MR) is 47.6 cm³/mol. The van der Waals surface area contributed by atoms with E-state index in [9.17, 15) is 14.9 Å². The number of hydrogen-bond acceptors (Lipinski definition) is 3. The molecule has 0 N–H and O–H groups in total. The van der Waals surface area contributed by atoms with Crippen LogP contribution in [0.5, 0.6) is 0 Å². The smallest absolute Gasteiger partial charge is 0.275 e. The van der Waals surface area contributed by atoms with Crippen molar-refractivity contribution >= 4 is 12.0 Å². The van der Waals surface area contributed by atoms with Gasteiger partial charge in [-0.15, -0.1) is 0 Å². The summed E-state index contributed by atoms with van der Waals surface area (Å²) in [4.78, 5) is 20.4. The average molecular weight is 179 g/mol. The maximum Gasteiger partial charge on any atom is 0.275 e. The molecule has 0 aliphatic rings. The van der Waals surface area contributed by atoms with E-state index in [2.05, 4.69) is 0 Å². The second kappa shape index (κ2) is 3.80. The summed E-state index contributed by atoms with van der Waals surface area (Å²) in [6.45, 7) is 1.66. The third kappa shape index (κ3) is 1.90. The van der Waals surface area contributed by atoms with E-state index in [1.165, 1.54) is 0 Å². The summed E-state index contributed by atoms with van der Waals surface area (Å²) < 4.78 is 0. The van der Waals surface area contributed by atoms with Crippen molar-refractivity contribution in [3.63, 3.8) is 0 Å². The number of nitro groups is 1. The van der Waals surface area contributed by atoms with E-state index in [0.29, 0.717) is 17.4 Å². The number of aryl methyl sites for hydroxylation is 1. The molecule has 68 valence electrons. The van der Waals surface area contributed by atoms with Gasteiger partial charge >= 0.3 is 0 Å². The molecule has 0 aliphatic heterocycles. The topological polar surface area (TPSA) is 60.2 Å². The lowest BCUT2D eigenvalue weighted by atomic mass is 10.1. The summed E-state index contributed by atoms with van der Waals surface area (Å²) in [5.74, 6) is 0. The Kier molecular flexibility index (Phi) is 2.74. The largest absolute Gasteiger partial charge is 0.303 e. The second-order valence-corrected chi connectivity index (χ2v) is 2.71. The predicted octanol–water partition coefficient (Wildman–Crippen LogP) is 1.64. The monoisotopic (exact) mass is 179 g/mol. The van der Waals surface area contributed by atoms with E-state index in [1.54, 1.807) is 25.1 Å². The van der Waals surface area contributed by atoms with Gasteiger partial charge in [0.1, 0.15) is 6.29 Å². The van der Waals surface area contributed by atoms with Gasteiger partial charge in [-0.3, -0.25) is 10.1 Å². The van der Waals surface area contributed by atoms with Gasteiger partial charge in [-0.1, -0.05) is 18.2 Å². The fourth-order valence-corrected chi connectivity index (χ4v) is 1.24. The van der Waals surface area contributed by atoms with E-state index in [1.807, 2.05) is 0 Å². The Balaban J connectivity index is 3.25. The summed E-state index contributed by atoms with van der Waals surface area (Å²) in [5.41, 5.74) is 1.11. The Hall–Kier alpha value is -1.71. The van der Waals surface area contributed by atoms with Crippen molar-refractivity contribution in [2.24, 2.45) is 0 Å². The highest BCUT2D eigenvalue weighted by atomic mass is 16.6. The highest BCUT2D eigenvalue weighted by molar-refractivity contribution is 5.60. The third-order valence-electron chi connectivity index (χ3n) is 1.81. The van der Waals surface area contributed by atoms with Crippen LogP contribution in [0.3, 0.4) is 0 Å². The Morgan fingerprint density at radius 1 is 1.54 bits per heavy atom. The van der Waals surface area contributed by atoms with Crippen LogP contribution >= 0.6 is 0 Å². The molecule has 0 amide bonds. The van der Waals surface area contributed by atoms with Crippen LogP contribution in [0, 0.1) is 17.0 Å². The molecule has 0 atom stereocenters. The van der Waals surface area contributed by atoms with Gasteiger partial charge in [-0.2, -0.15) is 0 Å².